The van der Waals surface area contributed by atoms with Crippen LogP contribution < -0.4 is 19.8 Å². The SMILES string of the molecule is CN(C)c1cc[n+](P(c2ccccc2)c2ccccc2)cc1.O=S(=O)([O-])C(F)(F)F. The fraction of sp³-hybridized carbons (Fsp3) is 0.150. The average Bonchev–Trinajstić information content (AvgIpc) is 2.69. The van der Waals surface area contributed by atoms with Crippen LogP contribution in [0.3, 0.4) is 0 Å². The van der Waals surface area contributed by atoms with Gasteiger partial charge < -0.3 is 9.45 Å². The number of halogens is 3. The van der Waals surface area contributed by atoms with Gasteiger partial charge in [-0.3, -0.25) is 0 Å². The van der Waals surface area contributed by atoms with Crippen molar-refractivity contribution in [3.63, 3.8) is 0 Å². The third-order valence-corrected chi connectivity index (χ3v) is 6.70. The molecule has 0 amide bonds. The van der Waals surface area contributed by atoms with Crippen LogP contribution in [0.2, 0.25) is 0 Å². The summed E-state index contributed by atoms with van der Waals surface area (Å²) in [5.41, 5.74) is -4.43. The minimum atomic E-state index is -6.09. The molecule has 0 N–H and O–H groups in total. The molecule has 1 aromatic heterocycles. The molecule has 0 bridgehead atoms. The smallest absolute Gasteiger partial charge is 0.485 e. The quantitative estimate of drug-likeness (QED) is 0.344. The van der Waals surface area contributed by atoms with Crippen LogP contribution in [0.1, 0.15) is 0 Å². The predicted octanol–water partition coefficient (Wildman–Crippen LogP) is 2.99. The molecule has 0 fully saturated rings. The lowest BCUT2D eigenvalue weighted by Gasteiger charge is -2.14. The second-order valence-electron chi connectivity index (χ2n) is 6.21. The fourth-order valence-corrected chi connectivity index (χ4v) is 4.54. The number of anilines is 1. The molecule has 3 rings (SSSR count). The molecular weight excluding hydrogens is 436 g/mol. The summed E-state index contributed by atoms with van der Waals surface area (Å²) in [6.07, 6.45) is 4.36. The monoisotopic (exact) mass is 456 g/mol. The lowest BCUT2D eigenvalue weighted by molar-refractivity contribution is -0.507. The van der Waals surface area contributed by atoms with E-state index in [0.29, 0.717) is 0 Å². The standard InChI is InChI=1S/C19H20N2P.CHF3O3S/c1-20(2)17-13-15-21(16-14-17)22(18-9-5-3-6-10-18)19-11-7-4-8-12-19;2-1(3,4)8(5,6)7/h3-16H,1-2H3;(H,5,6,7)/q+1;/p-1. The van der Waals surface area contributed by atoms with Crippen LogP contribution in [-0.2, 0) is 10.1 Å². The Bertz CT molecular complexity index is 991. The first kappa shape index (κ1) is 23.8. The largest absolute Gasteiger partial charge is 0.741 e. The van der Waals surface area contributed by atoms with Gasteiger partial charge in [-0.1, -0.05) is 36.4 Å². The lowest BCUT2D eigenvalue weighted by Crippen LogP contribution is -2.37. The second kappa shape index (κ2) is 10.0. The highest BCUT2D eigenvalue weighted by atomic mass is 32.2. The summed E-state index contributed by atoms with van der Waals surface area (Å²) >= 11 is 0. The summed E-state index contributed by atoms with van der Waals surface area (Å²) in [6.45, 7) is 0. The Kier molecular flexibility index (Phi) is 7.95. The van der Waals surface area contributed by atoms with E-state index in [4.69, 9.17) is 13.0 Å². The molecule has 0 unspecified atom stereocenters. The molecule has 2 aromatic carbocycles. The van der Waals surface area contributed by atoms with Gasteiger partial charge in [0.1, 0.15) is 0 Å². The Balaban J connectivity index is 0.000000343. The molecule has 0 aliphatic carbocycles. The molecule has 0 aliphatic heterocycles. The first-order valence-corrected chi connectivity index (χ1v) is 11.3. The Hall–Kier alpha value is -2.48. The Morgan fingerprint density at radius 2 is 1.20 bits per heavy atom. The number of rotatable bonds is 4. The highest BCUT2D eigenvalue weighted by molar-refractivity contribution is 7.86. The van der Waals surface area contributed by atoms with Crippen LogP contribution in [-0.4, -0.2) is 32.6 Å². The van der Waals surface area contributed by atoms with Crippen LogP contribution in [0.25, 0.3) is 0 Å². The third-order valence-electron chi connectivity index (χ3n) is 3.83. The van der Waals surface area contributed by atoms with E-state index in [9.17, 15) is 13.2 Å². The highest BCUT2D eigenvalue weighted by Gasteiger charge is 2.36. The van der Waals surface area contributed by atoms with Gasteiger partial charge in [0.2, 0.25) is 0 Å². The maximum atomic E-state index is 10.7. The van der Waals surface area contributed by atoms with E-state index in [1.807, 2.05) is 0 Å². The zero-order chi connectivity index (χ0) is 22.4. The van der Waals surface area contributed by atoms with Gasteiger partial charge in [0.25, 0.3) is 8.07 Å². The zero-order valence-electron chi connectivity index (χ0n) is 16.2. The summed E-state index contributed by atoms with van der Waals surface area (Å²) in [5.74, 6) is 0. The molecular formula is C20H20F3N2O3PS. The maximum absolute atomic E-state index is 10.7. The van der Waals surface area contributed by atoms with Crippen LogP contribution >= 0.6 is 8.07 Å². The minimum Gasteiger partial charge on any atom is -0.741 e. The molecule has 1 heterocycles. The number of benzene rings is 2. The van der Waals surface area contributed by atoms with Gasteiger partial charge in [-0.25, -0.2) is 8.42 Å². The lowest BCUT2D eigenvalue weighted by atomic mass is 10.4. The van der Waals surface area contributed by atoms with Gasteiger partial charge in [-0.05, 0) is 24.3 Å². The predicted molar refractivity (Wildman–Crippen MR) is 111 cm³/mol. The first-order chi connectivity index (χ1) is 14.0. The Morgan fingerprint density at radius 3 is 1.50 bits per heavy atom. The molecule has 0 radical (unpaired) electrons. The van der Waals surface area contributed by atoms with Crippen molar-refractivity contribution >= 4 is 34.5 Å². The summed E-state index contributed by atoms with van der Waals surface area (Å²) < 4.78 is 61.2. The molecule has 0 aliphatic rings. The van der Waals surface area contributed by atoms with Gasteiger partial charge in [-0.15, -0.1) is 0 Å². The van der Waals surface area contributed by atoms with Crippen molar-refractivity contribution < 1.29 is 30.5 Å². The summed E-state index contributed by atoms with van der Waals surface area (Å²) in [7, 11) is -2.54. The highest BCUT2D eigenvalue weighted by Crippen LogP contribution is 2.27. The van der Waals surface area contributed by atoms with Crippen LogP contribution in [0.4, 0.5) is 18.9 Å². The normalized spacial score (nSPS) is 11.6. The fourth-order valence-electron chi connectivity index (χ4n) is 2.40. The molecule has 3 aromatic rings. The summed E-state index contributed by atoms with van der Waals surface area (Å²) in [6, 6.07) is 25.8. The zero-order valence-corrected chi connectivity index (χ0v) is 17.9. The Morgan fingerprint density at radius 1 is 0.833 bits per heavy atom. The van der Waals surface area contributed by atoms with Crippen molar-refractivity contribution in [3.8, 4) is 0 Å². The van der Waals surface area contributed by atoms with Crippen molar-refractivity contribution in [2.45, 2.75) is 5.51 Å². The number of nitrogens with zero attached hydrogens (tertiary/aromatic N) is 2. The molecule has 10 heteroatoms. The van der Waals surface area contributed by atoms with Crippen molar-refractivity contribution in [3.05, 3.63) is 85.2 Å². The summed E-state index contributed by atoms with van der Waals surface area (Å²) in [4.78, 5) is 2.12. The van der Waals surface area contributed by atoms with E-state index in [1.165, 1.54) is 16.3 Å². The molecule has 0 atom stereocenters. The van der Waals surface area contributed by atoms with Crippen molar-refractivity contribution in [2.75, 3.05) is 19.0 Å². The van der Waals surface area contributed by atoms with Gasteiger partial charge in [-0.2, -0.15) is 17.5 Å². The molecule has 0 saturated heterocycles. The molecule has 5 nitrogen and oxygen atoms in total. The van der Waals surface area contributed by atoms with Gasteiger partial charge in [0.05, 0.1) is 0 Å². The van der Waals surface area contributed by atoms with Crippen LogP contribution in [0.15, 0.2) is 85.2 Å². The molecule has 160 valence electrons. The van der Waals surface area contributed by atoms with Crippen molar-refractivity contribution in [1.29, 1.82) is 0 Å². The van der Waals surface area contributed by atoms with E-state index in [1.54, 1.807) is 0 Å². The van der Waals surface area contributed by atoms with Gasteiger partial charge in [0.15, 0.2) is 22.5 Å². The summed E-state index contributed by atoms with van der Waals surface area (Å²) in [5, 5.41) is 2.71. The number of hydrogen-bond donors (Lipinski definition) is 0. The van der Waals surface area contributed by atoms with Gasteiger partial charge >= 0.3 is 5.51 Å². The van der Waals surface area contributed by atoms with E-state index < -0.39 is 23.7 Å². The topological polar surface area (TPSA) is 64.3 Å². The average molecular weight is 456 g/mol. The number of alkyl halides is 3. The molecule has 0 spiro atoms. The van der Waals surface area contributed by atoms with E-state index in [0.717, 1.165) is 0 Å². The van der Waals surface area contributed by atoms with Crippen molar-refractivity contribution in [2.24, 2.45) is 0 Å². The minimum absolute atomic E-state index is 0.580. The van der Waals surface area contributed by atoms with E-state index in [-0.39, 0.29) is 0 Å². The molecule has 0 saturated carbocycles. The molecule has 30 heavy (non-hydrogen) atoms. The van der Waals surface area contributed by atoms with E-state index in [2.05, 4.69) is 109 Å². The maximum Gasteiger partial charge on any atom is 0.485 e. The number of pyridine rings is 1. The number of aromatic nitrogens is 1. The first-order valence-electron chi connectivity index (χ1n) is 8.62. The third kappa shape index (κ3) is 6.52. The number of hydrogen-bond acceptors (Lipinski definition) is 4. The van der Waals surface area contributed by atoms with E-state index >= 15 is 0 Å². The van der Waals surface area contributed by atoms with Crippen LogP contribution in [0, 0.1) is 0 Å². The second-order valence-corrected chi connectivity index (χ2v) is 9.70. The Labute approximate surface area is 175 Å². The van der Waals surface area contributed by atoms with Gasteiger partial charge in [0, 0.05) is 42.5 Å². The van der Waals surface area contributed by atoms with Crippen LogP contribution in [0.5, 0.6) is 0 Å². The van der Waals surface area contributed by atoms with Crippen molar-refractivity contribution in [1.82, 2.24) is 0 Å².